The maximum atomic E-state index is 14.8. The van der Waals surface area contributed by atoms with E-state index in [9.17, 15) is 35.9 Å². The lowest BCUT2D eigenvalue weighted by atomic mass is 9.75. The van der Waals surface area contributed by atoms with Crippen molar-refractivity contribution in [1.29, 1.82) is 0 Å². The number of halogens is 7. The number of aromatic nitrogens is 5. The molecule has 2 aliphatic rings. The highest BCUT2D eigenvalue weighted by molar-refractivity contribution is 6.32. The molecule has 0 saturated heterocycles. The van der Waals surface area contributed by atoms with Crippen LogP contribution in [-0.4, -0.2) is 66.0 Å². The Morgan fingerprint density at radius 3 is 2.38 bits per heavy atom. The lowest BCUT2D eigenvalue weighted by Gasteiger charge is -2.35. The Kier molecular flexibility index (Phi) is 9.48. The zero-order chi connectivity index (χ0) is 37.7. The summed E-state index contributed by atoms with van der Waals surface area (Å²) >= 11 is 6.41. The molecule has 3 heterocycles. The van der Waals surface area contributed by atoms with Crippen molar-refractivity contribution in [3.63, 3.8) is 0 Å². The molecular weight excluding hydrogens is 720 g/mol. The van der Waals surface area contributed by atoms with Crippen molar-refractivity contribution < 1.29 is 40.7 Å². The molecule has 12 nitrogen and oxygen atoms in total. The molecule has 4 aromatic rings. The summed E-state index contributed by atoms with van der Waals surface area (Å²) in [7, 11) is 0. The van der Waals surface area contributed by atoms with E-state index in [0.717, 1.165) is 15.9 Å². The molecule has 0 spiro atoms. The Labute approximate surface area is 297 Å². The van der Waals surface area contributed by atoms with Crippen LogP contribution in [0.25, 0.3) is 16.8 Å². The van der Waals surface area contributed by atoms with Crippen molar-refractivity contribution in [3.8, 4) is 16.8 Å². The van der Waals surface area contributed by atoms with E-state index in [1.54, 1.807) is 24.3 Å². The van der Waals surface area contributed by atoms with Gasteiger partial charge in [0.15, 0.2) is 17.3 Å². The lowest BCUT2D eigenvalue weighted by molar-refractivity contribution is -0.135. The molecule has 1 saturated carbocycles. The molecule has 0 bridgehead atoms. The Hall–Kier alpha value is -5.13. The fourth-order valence-corrected chi connectivity index (χ4v) is 6.32. The van der Waals surface area contributed by atoms with Crippen molar-refractivity contribution >= 4 is 29.6 Å². The lowest BCUT2D eigenvalue weighted by Crippen LogP contribution is -2.47. The van der Waals surface area contributed by atoms with E-state index in [-0.39, 0.29) is 28.7 Å². The van der Waals surface area contributed by atoms with Gasteiger partial charge in [-0.05, 0) is 40.7 Å². The van der Waals surface area contributed by atoms with Crippen LogP contribution in [0.2, 0.25) is 5.02 Å². The first-order valence-corrected chi connectivity index (χ1v) is 16.2. The number of nitrogens with zero attached hydrogens (tertiary/aromatic N) is 7. The minimum Gasteiger partial charge on any atom is -0.447 e. The summed E-state index contributed by atoms with van der Waals surface area (Å²) in [5.41, 5.74) is 5.80. The first-order chi connectivity index (χ1) is 24.4. The molecule has 52 heavy (non-hydrogen) atoms. The van der Waals surface area contributed by atoms with Crippen molar-refractivity contribution in [2.24, 2.45) is 16.1 Å². The number of hydrogen-bond acceptors (Lipinski definition) is 8. The van der Waals surface area contributed by atoms with Gasteiger partial charge < -0.3 is 15.8 Å². The third kappa shape index (κ3) is 7.15. The number of alkyl halides is 6. The average molecular weight is 752 g/mol. The molecule has 276 valence electrons. The number of nitrogens with two attached hydrogens (primary N) is 1. The van der Waals surface area contributed by atoms with Gasteiger partial charge >= 0.3 is 12.6 Å². The summed E-state index contributed by atoms with van der Waals surface area (Å²) in [5.74, 6) is -4.74. The highest BCUT2D eigenvalue weighted by Gasteiger charge is 2.58. The highest BCUT2D eigenvalue weighted by atomic mass is 35.5. The van der Waals surface area contributed by atoms with Gasteiger partial charge in [0.2, 0.25) is 0 Å². The van der Waals surface area contributed by atoms with E-state index < -0.39 is 72.8 Å². The molecule has 1 fully saturated rings. The second-order valence-corrected chi connectivity index (χ2v) is 14.0. The third-order valence-electron chi connectivity index (χ3n) is 8.56. The minimum absolute atomic E-state index is 0.0137. The van der Waals surface area contributed by atoms with Crippen LogP contribution in [0.5, 0.6) is 0 Å². The van der Waals surface area contributed by atoms with Gasteiger partial charge in [0.1, 0.15) is 19.0 Å². The van der Waals surface area contributed by atoms with Gasteiger partial charge in [-0.25, -0.2) is 41.7 Å². The number of nitrogens with one attached hydrogen (secondary N) is 1. The van der Waals surface area contributed by atoms with Crippen molar-refractivity contribution in [2.45, 2.75) is 70.1 Å². The van der Waals surface area contributed by atoms with Crippen LogP contribution in [-0.2, 0) is 15.1 Å². The summed E-state index contributed by atoms with van der Waals surface area (Å²) in [4.78, 5) is 36.9. The van der Waals surface area contributed by atoms with E-state index in [4.69, 9.17) is 27.1 Å². The number of guanidine groups is 1. The summed E-state index contributed by atoms with van der Waals surface area (Å²) in [6.07, 6.45) is -1.30. The van der Waals surface area contributed by atoms with Crippen molar-refractivity contribution in [1.82, 2.24) is 34.8 Å². The maximum absolute atomic E-state index is 14.8. The molecule has 1 aliphatic heterocycles. The smallest absolute Gasteiger partial charge is 0.407 e. The van der Waals surface area contributed by atoms with Gasteiger partial charge in [-0.15, -0.1) is 0 Å². The van der Waals surface area contributed by atoms with E-state index >= 15 is 0 Å². The number of aliphatic imine (C=N–C) groups is 1. The SMILES string of the molecule is CC(C)(C)C[C@]1(c2ccc(-c3cnn(C(F)F)c3)cc2)N=C(N)N([C@H](COC(=O)N[C@@H]2CC2(F)F)c2ccc(Cl)c(-n3ncnc3C(F)F)c2)C1=O. The molecule has 0 unspecified atom stereocenters. The van der Waals surface area contributed by atoms with Crippen molar-refractivity contribution in [3.05, 3.63) is 83.2 Å². The van der Waals surface area contributed by atoms with Gasteiger partial charge in [0.25, 0.3) is 18.3 Å². The summed E-state index contributed by atoms with van der Waals surface area (Å²) in [6.45, 7) is 2.18. The van der Waals surface area contributed by atoms with Crippen LogP contribution in [0.4, 0.5) is 31.1 Å². The van der Waals surface area contributed by atoms with E-state index in [2.05, 4.69) is 20.5 Å². The van der Waals surface area contributed by atoms with Gasteiger partial charge in [-0.3, -0.25) is 9.69 Å². The molecule has 3 N–H and O–H groups in total. The topological polar surface area (TPSA) is 146 Å². The Morgan fingerprint density at radius 2 is 1.79 bits per heavy atom. The number of rotatable bonds is 11. The standard InChI is InChI=1S/C33H32ClF6N9O3/c1-31(2,3)15-32(20-7-4-17(5-8-20)19-12-43-47(13-19)28(37)38)27(50)48(29(41)46-32)23(14-52-30(51)45-24-11-33(24,39)40)18-6-9-21(34)22(10-18)49-26(25(35)36)42-16-44-49/h4-10,12-13,16,23-25,28H,11,14-15H2,1-3H3,(H2,41,46)(H,45,51)/t23-,24-,32-/m1/s1. The molecule has 0 radical (unpaired) electrons. The Balaban J connectivity index is 1.39. The second kappa shape index (κ2) is 13.4. The Morgan fingerprint density at radius 1 is 1.10 bits per heavy atom. The van der Waals surface area contributed by atoms with E-state index in [0.29, 0.717) is 21.4 Å². The summed E-state index contributed by atoms with van der Waals surface area (Å²) < 4.78 is 87.7. The first kappa shape index (κ1) is 36.7. The predicted octanol–water partition coefficient (Wildman–Crippen LogP) is 6.78. The molecule has 2 amide bonds. The number of amides is 2. The molecule has 2 aromatic heterocycles. The van der Waals surface area contributed by atoms with E-state index in [1.807, 2.05) is 20.8 Å². The number of alkyl carbamates (subject to hydrolysis) is 1. The molecule has 19 heteroatoms. The van der Waals surface area contributed by atoms with Crippen LogP contribution in [0.3, 0.4) is 0 Å². The van der Waals surface area contributed by atoms with Crippen LogP contribution in [0, 0.1) is 5.41 Å². The van der Waals surface area contributed by atoms with Crippen LogP contribution < -0.4 is 11.1 Å². The molecule has 3 atom stereocenters. The molecular formula is C33H32ClF6N9O3. The van der Waals surface area contributed by atoms with Crippen molar-refractivity contribution in [2.75, 3.05) is 6.61 Å². The van der Waals surface area contributed by atoms with Crippen LogP contribution >= 0.6 is 11.6 Å². The monoisotopic (exact) mass is 751 g/mol. The van der Waals surface area contributed by atoms with Gasteiger partial charge in [-0.2, -0.15) is 19.0 Å². The molecule has 1 aliphatic carbocycles. The fraction of sp³-hybridized carbons (Fsp3) is 0.394. The first-order valence-electron chi connectivity index (χ1n) is 15.8. The summed E-state index contributed by atoms with van der Waals surface area (Å²) in [6, 6.07) is 7.91. The third-order valence-corrected chi connectivity index (χ3v) is 8.88. The van der Waals surface area contributed by atoms with E-state index in [1.165, 1.54) is 30.6 Å². The van der Waals surface area contributed by atoms with Crippen LogP contribution in [0.15, 0.2) is 66.2 Å². The normalized spacial score (nSPS) is 20.4. The Bertz CT molecular complexity index is 2010. The van der Waals surface area contributed by atoms with Gasteiger partial charge in [0.05, 0.1) is 22.9 Å². The summed E-state index contributed by atoms with van der Waals surface area (Å²) in [5, 5.41) is 9.60. The van der Waals surface area contributed by atoms with Gasteiger partial charge in [0, 0.05) is 18.2 Å². The second-order valence-electron chi connectivity index (χ2n) is 13.6. The largest absolute Gasteiger partial charge is 0.447 e. The number of ether oxygens (including phenoxy) is 1. The fourth-order valence-electron chi connectivity index (χ4n) is 6.12. The number of carbonyl (C=O) groups excluding carboxylic acids is 2. The van der Waals surface area contributed by atoms with Crippen LogP contribution in [0.1, 0.15) is 69.6 Å². The predicted molar refractivity (Wildman–Crippen MR) is 175 cm³/mol. The number of hydrogen-bond donors (Lipinski definition) is 2. The highest BCUT2D eigenvalue weighted by Crippen LogP contribution is 2.46. The average Bonchev–Trinajstić information content (AvgIpc) is 3.53. The molecule has 2 aromatic carbocycles. The zero-order valence-corrected chi connectivity index (χ0v) is 28.5. The number of benzene rings is 2. The molecule has 6 rings (SSSR count). The quantitative estimate of drug-likeness (QED) is 0.161. The number of carbonyl (C=O) groups is 2. The minimum atomic E-state index is -3.09. The maximum Gasteiger partial charge on any atom is 0.407 e. The zero-order valence-electron chi connectivity index (χ0n) is 27.8. The van der Waals surface area contributed by atoms with Gasteiger partial charge in [-0.1, -0.05) is 62.7 Å².